The van der Waals surface area contributed by atoms with Gasteiger partial charge >= 0.3 is 5.97 Å². The van der Waals surface area contributed by atoms with Crippen molar-refractivity contribution in [3.8, 4) is 0 Å². The van der Waals surface area contributed by atoms with Crippen LogP contribution in [0.1, 0.15) is 19.8 Å². The summed E-state index contributed by atoms with van der Waals surface area (Å²) in [5.74, 6) is -0.366. The average Bonchev–Trinajstić information content (AvgIpc) is 2.57. The summed E-state index contributed by atoms with van der Waals surface area (Å²) in [6.07, 6.45) is 2.23. The molecule has 1 unspecified atom stereocenters. The largest absolute Gasteiger partial charge is 0.384 e. The molecule has 0 aromatic carbocycles. The molecular weight excluding hydrogens is 170 g/mol. The van der Waals surface area contributed by atoms with Crippen molar-refractivity contribution in [1.29, 1.82) is 0 Å². The maximum atomic E-state index is 11.3. The highest BCUT2D eigenvalue weighted by molar-refractivity contribution is 5.71. The molecule has 4 heteroatoms. The second-order valence-corrected chi connectivity index (χ2v) is 3.40. The molecule has 1 heterocycles. The molecule has 1 atom stereocenters. The second-order valence-electron chi connectivity index (χ2n) is 3.40. The molecule has 0 spiro atoms. The van der Waals surface area contributed by atoms with Crippen LogP contribution in [-0.2, 0) is 14.4 Å². The summed E-state index contributed by atoms with van der Waals surface area (Å²) in [5.41, 5.74) is 0. The van der Waals surface area contributed by atoms with Crippen molar-refractivity contribution < 1.29 is 14.4 Å². The quantitative estimate of drug-likeness (QED) is 0.653. The molecule has 76 valence electrons. The summed E-state index contributed by atoms with van der Waals surface area (Å²) < 4.78 is 4.87. The summed E-state index contributed by atoms with van der Waals surface area (Å²) in [6, 6.07) is 0. The highest BCUT2D eigenvalue weighted by atomic mass is 16.7. The van der Waals surface area contributed by atoms with Crippen molar-refractivity contribution >= 4 is 5.97 Å². The van der Waals surface area contributed by atoms with Crippen molar-refractivity contribution in [2.24, 2.45) is 5.92 Å². The third-order valence-electron chi connectivity index (χ3n) is 2.10. The third-order valence-corrected chi connectivity index (χ3v) is 2.10. The van der Waals surface area contributed by atoms with Crippen molar-refractivity contribution in [2.45, 2.75) is 19.8 Å². The number of carbonyl (C=O) groups excluding carboxylic acids is 1. The smallest absolute Gasteiger partial charge is 0.330 e. The molecule has 0 bridgehead atoms. The van der Waals surface area contributed by atoms with Gasteiger partial charge in [0.2, 0.25) is 0 Å². The van der Waals surface area contributed by atoms with E-state index in [1.54, 1.807) is 12.2 Å². The Hall–Kier alpha value is -0.610. The number of hydrogen-bond donors (Lipinski definition) is 0. The molecule has 0 aliphatic carbocycles. The number of rotatable bonds is 4. The summed E-state index contributed by atoms with van der Waals surface area (Å²) in [5, 5.41) is 1.73. The van der Waals surface area contributed by atoms with Crippen LogP contribution in [0.2, 0.25) is 0 Å². The minimum atomic E-state index is -0.191. The predicted molar refractivity (Wildman–Crippen MR) is 47.9 cm³/mol. The molecule has 1 saturated heterocycles. The lowest BCUT2D eigenvalue weighted by molar-refractivity contribution is -0.191. The van der Waals surface area contributed by atoms with E-state index in [0.717, 1.165) is 25.9 Å². The Kier molecular flexibility index (Phi) is 4.18. The maximum Gasteiger partial charge on any atom is 0.330 e. The minimum Gasteiger partial charge on any atom is -0.384 e. The van der Waals surface area contributed by atoms with Crippen molar-refractivity contribution in [1.82, 2.24) is 5.06 Å². The number of nitrogens with zero attached hydrogens (tertiary/aromatic N) is 1. The molecule has 0 radical (unpaired) electrons. The van der Waals surface area contributed by atoms with Gasteiger partial charge in [0.05, 0.1) is 12.5 Å². The Balaban J connectivity index is 2.22. The molecule has 0 amide bonds. The molecule has 0 aromatic rings. The maximum absolute atomic E-state index is 11.3. The lowest BCUT2D eigenvalue weighted by atomic mass is 10.2. The molecule has 4 nitrogen and oxygen atoms in total. The van der Waals surface area contributed by atoms with E-state index in [4.69, 9.17) is 9.57 Å². The number of carbonyl (C=O) groups is 1. The van der Waals surface area contributed by atoms with Gasteiger partial charge in [0.15, 0.2) is 0 Å². The van der Waals surface area contributed by atoms with Crippen LogP contribution in [0.25, 0.3) is 0 Å². The van der Waals surface area contributed by atoms with Crippen LogP contribution >= 0.6 is 0 Å². The monoisotopic (exact) mass is 187 g/mol. The van der Waals surface area contributed by atoms with Gasteiger partial charge in [-0.1, -0.05) is 0 Å². The average molecular weight is 187 g/mol. The first-order valence-corrected chi connectivity index (χ1v) is 4.69. The first kappa shape index (κ1) is 10.5. The highest BCUT2D eigenvalue weighted by Gasteiger charge is 2.20. The first-order chi connectivity index (χ1) is 6.24. The van der Waals surface area contributed by atoms with Crippen LogP contribution < -0.4 is 0 Å². The summed E-state index contributed by atoms with van der Waals surface area (Å²) >= 11 is 0. The standard InChI is InChI=1S/C9H17NO3/c1-8(7-12-2)9(11)13-10-5-3-4-6-10/h8H,3-7H2,1-2H3. The Bertz CT molecular complexity index is 166. The highest BCUT2D eigenvalue weighted by Crippen LogP contribution is 2.10. The van der Waals surface area contributed by atoms with Crippen molar-refractivity contribution in [3.05, 3.63) is 0 Å². The predicted octanol–water partition coefficient (Wildman–Crippen LogP) is 0.823. The Morgan fingerprint density at radius 2 is 2.08 bits per heavy atom. The van der Waals surface area contributed by atoms with Gasteiger partial charge in [0, 0.05) is 20.2 Å². The van der Waals surface area contributed by atoms with Gasteiger partial charge in [0.1, 0.15) is 0 Å². The van der Waals surface area contributed by atoms with Crippen LogP contribution in [0.5, 0.6) is 0 Å². The zero-order valence-electron chi connectivity index (χ0n) is 8.28. The number of methoxy groups -OCH3 is 1. The van der Waals surface area contributed by atoms with E-state index in [9.17, 15) is 4.79 Å². The number of hydrogen-bond acceptors (Lipinski definition) is 4. The Morgan fingerprint density at radius 3 is 2.62 bits per heavy atom. The van der Waals surface area contributed by atoms with Gasteiger partial charge in [-0.15, -0.1) is 5.06 Å². The summed E-state index contributed by atoms with van der Waals surface area (Å²) in [6.45, 7) is 3.96. The van der Waals surface area contributed by atoms with Gasteiger partial charge in [-0.3, -0.25) is 0 Å². The fourth-order valence-corrected chi connectivity index (χ4v) is 1.31. The van der Waals surface area contributed by atoms with Crippen molar-refractivity contribution in [3.63, 3.8) is 0 Å². The molecule has 1 aliphatic rings. The van der Waals surface area contributed by atoms with Crippen LogP contribution in [0.15, 0.2) is 0 Å². The van der Waals surface area contributed by atoms with Crippen LogP contribution in [0.3, 0.4) is 0 Å². The zero-order chi connectivity index (χ0) is 9.68. The molecule has 1 rings (SSSR count). The topological polar surface area (TPSA) is 38.8 Å². The fourth-order valence-electron chi connectivity index (χ4n) is 1.31. The van der Waals surface area contributed by atoms with E-state index in [-0.39, 0.29) is 11.9 Å². The molecule has 0 N–H and O–H groups in total. The van der Waals surface area contributed by atoms with Gasteiger partial charge in [0.25, 0.3) is 0 Å². The van der Waals surface area contributed by atoms with E-state index in [0.29, 0.717) is 6.61 Å². The Morgan fingerprint density at radius 1 is 1.46 bits per heavy atom. The molecule has 13 heavy (non-hydrogen) atoms. The molecule has 0 saturated carbocycles. The van der Waals surface area contributed by atoms with Crippen LogP contribution in [0.4, 0.5) is 0 Å². The second kappa shape index (κ2) is 5.19. The summed E-state index contributed by atoms with van der Waals surface area (Å²) in [4.78, 5) is 16.5. The zero-order valence-corrected chi connectivity index (χ0v) is 8.28. The summed E-state index contributed by atoms with van der Waals surface area (Å²) in [7, 11) is 1.58. The number of ether oxygens (including phenoxy) is 1. The molecular formula is C9H17NO3. The van der Waals surface area contributed by atoms with E-state index in [1.807, 2.05) is 6.92 Å². The lowest BCUT2D eigenvalue weighted by Gasteiger charge is -2.16. The first-order valence-electron chi connectivity index (χ1n) is 4.69. The van der Waals surface area contributed by atoms with Gasteiger partial charge in [-0.25, -0.2) is 4.79 Å². The third kappa shape index (κ3) is 3.32. The van der Waals surface area contributed by atoms with Gasteiger partial charge < -0.3 is 9.57 Å². The fraction of sp³-hybridized carbons (Fsp3) is 0.889. The van der Waals surface area contributed by atoms with Crippen molar-refractivity contribution in [2.75, 3.05) is 26.8 Å². The molecule has 1 fully saturated rings. The SMILES string of the molecule is COCC(C)C(=O)ON1CCCC1. The number of hydroxylamine groups is 2. The van der Waals surface area contributed by atoms with E-state index < -0.39 is 0 Å². The van der Waals surface area contributed by atoms with Crippen LogP contribution in [-0.4, -0.2) is 37.8 Å². The van der Waals surface area contributed by atoms with Gasteiger partial charge in [-0.05, 0) is 19.8 Å². The lowest BCUT2D eigenvalue weighted by Crippen LogP contribution is -2.29. The van der Waals surface area contributed by atoms with E-state index >= 15 is 0 Å². The molecule has 1 aliphatic heterocycles. The minimum absolute atomic E-state index is 0.175. The van der Waals surface area contributed by atoms with Gasteiger partial charge in [-0.2, -0.15) is 0 Å². The van der Waals surface area contributed by atoms with E-state index in [1.165, 1.54) is 0 Å². The Labute approximate surface area is 78.8 Å². The van der Waals surface area contributed by atoms with E-state index in [2.05, 4.69) is 0 Å². The van der Waals surface area contributed by atoms with Crippen LogP contribution in [0, 0.1) is 5.92 Å². The normalized spacial score (nSPS) is 20.2. The molecule has 0 aromatic heterocycles.